The number of carbonyl (C=O) groups is 1. The molecule has 6 atom stereocenters. The number of ether oxygens (including phenoxy) is 2. The van der Waals surface area contributed by atoms with Crippen LogP contribution in [-0.4, -0.2) is 73.5 Å². The zero-order chi connectivity index (χ0) is 33.3. The predicted molar refractivity (Wildman–Crippen MR) is 153 cm³/mol. The number of hydrogen-bond acceptors (Lipinski definition) is 12. The van der Waals surface area contributed by atoms with Gasteiger partial charge in [0, 0.05) is 0 Å². The van der Waals surface area contributed by atoms with E-state index >= 15 is 0 Å². The van der Waals surface area contributed by atoms with Gasteiger partial charge in [-0.25, -0.2) is 14.1 Å². The number of fused-ring (bicyclic) bond motifs is 1. The lowest BCUT2D eigenvalue weighted by molar-refractivity contribution is -0.188. The lowest BCUT2D eigenvalue weighted by atomic mass is 9.87. The van der Waals surface area contributed by atoms with Crippen molar-refractivity contribution in [1.29, 1.82) is 5.26 Å². The molecule has 0 bridgehead atoms. The first kappa shape index (κ1) is 33.6. The molecule has 5 N–H and O–H groups in total. The van der Waals surface area contributed by atoms with Crippen LogP contribution in [0.4, 0.5) is 19.0 Å². The van der Waals surface area contributed by atoms with Gasteiger partial charge in [-0.3, -0.25) is 9.32 Å². The van der Waals surface area contributed by atoms with E-state index in [1.54, 1.807) is 30.3 Å². The van der Waals surface area contributed by atoms with Crippen molar-refractivity contribution in [2.45, 2.75) is 74.8 Å². The predicted octanol–water partition coefficient (Wildman–Crippen LogP) is 3.21. The summed E-state index contributed by atoms with van der Waals surface area (Å²) >= 11 is 0. The number of nitrogens with zero attached hydrogens (tertiary/aromatic N) is 4. The molecule has 5 rings (SSSR count). The second-order valence-electron chi connectivity index (χ2n) is 11.2. The van der Waals surface area contributed by atoms with Gasteiger partial charge in [-0.1, -0.05) is 18.2 Å². The molecule has 0 unspecified atom stereocenters. The van der Waals surface area contributed by atoms with Gasteiger partial charge < -0.3 is 29.9 Å². The summed E-state index contributed by atoms with van der Waals surface area (Å²) in [6.07, 6.45) is -9.11. The van der Waals surface area contributed by atoms with Crippen LogP contribution in [-0.2, 0) is 23.4 Å². The van der Waals surface area contributed by atoms with Gasteiger partial charge in [0.15, 0.2) is 5.82 Å². The molecule has 2 fully saturated rings. The van der Waals surface area contributed by atoms with Crippen LogP contribution in [0.15, 0.2) is 48.8 Å². The number of alkyl halides is 3. The molecule has 46 heavy (non-hydrogen) atoms. The maximum absolute atomic E-state index is 14.0. The highest BCUT2D eigenvalue weighted by molar-refractivity contribution is 7.52. The molecule has 18 heteroatoms. The van der Waals surface area contributed by atoms with E-state index in [0.29, 0.717) is 5.52 Å². The number of esters is 1. The Morgan fingerprint density at radius 3 is 2.59 bits per heavy atom. The Morgan fingerprint density at radius 1 is 1.24 bits per heavy atom. The minimum Gasteiger partial charge on any atom is -0.461 e. The molecule has 0 spiro atoms. The van der Waals surface area contributed by atoms with Crippen LogP contribution in [0.3, 0.4) is 0 Å². The number of aliphatic hydroxyl groups excluding tert-OH is 2. The van der Waals surface area contributed by atoms with Gasteiger partial charge >= 0.3 is 19.9 Å². The highest BCUT2D eigenvalue weighted by atomic mass is 31.2. The van der Waals surface area contributed by atoms with E-state index in [9.17, 15) is 38.0 Å². The van der Waals surface area contributed by atoms with Crippen molar-refractivity contribution in [3.05, 3.63) is 54.5 Å². The van der Waals surface area contributed by atoms with Crippen molar-refractivity contribution in [3.63, 3.8) is 0 Å². The number of aromatic nitrogens is 3. The number of nitrogens with one attached hydrogen (secondary N) is 1. The molecule has 0 radical (unpaired) electrons. The zero-order valence-electron chi connectivity index (χ0n) is 24.4. The van der Waals surface area contributed by atoms with E-state index < -0.39 is 68.5 Å². The van der Waals surface area contributed by atoms with E-state index in [0.717, 1.165) is 0 Å². The molecule has 1 aliphatic carbocycles. The highest BCUT2D eigenvalue weighted by Crippen LogP contribution is 2.48. The maximum atomic E-state index is 14.0. The fourth-order valence-corrected chi connectivity index (χ4v) is 6.95. The maximum Gasteiger partial charge on any atom is 0.459 e. The standard InChI is InChI=1S/C28H32F3N6O8P/c1-16(26(40)43-18-9-7-17(8-10-18)28(29,30)31)36-46(41,45-19-5-3-2-4-6-19)42-14-27(13-32)24(39)22(38)23(44-27)20-11-12-21-25(33)34-15-35-37(20)21/h2-6,11-12,15-18,22-24,38-39H,7-10,14H2,1H3,(H,36,41)(H2,33,34,35)/t16-,17?,18?,22-,23-,24-,27+,46-/m0/s1. The van der Waals surface area contributed by atoms with Crippen molar-refractivity contribution in [1.82, 2.24) is 19.7 Å². The van der Waals surface area contributed by atoms with Gasteiger partial charge in [0.2, 0.25) is 5.60 Å². The number of halogens is 3. The molecule has 14 nitrogen and oxygen atoms in total. The summed E-state index contributed by atoms with van der Waals surface area (Å²) in [5.41, 5.74) is 4.22. The monoisotopic (exact) mass is 668 g/mol. The van der Waals surface area contributed by atoms with Crippen LogP contribution >= 0.6 is 7.75 Å². The quantitative estimate of drug-likeness (QED) is 0.181. The summed E-state index contributed by atoms with van der Waals surface area (Å²) in [6, 6.07) is 11.2. The normalized spacial score (nSPS) is 28.7. The lowest BCUT2D eigenvalue weighted by Crippen LogP contribution is -2.46. The third kappa shape index (κ3) is 6.97. The summed E-state index contributed by atoms with van der Waals surface area (Å²) in [4.78, 5) is 16.8. The number of benzene rings is 1. The topological polar surface area (TPSA) is 204 Å². The van der Waals surface area contributed by atoms with Gasteiger partial charge in [0.05, 0.1) is 11.6 Å². The Hall–Kier alpha value is -3.78. The summed E-state index contributed by atoms with van der Waals surface area (Å²) in [7, 11) is -4.58. The van der Waals surface area contributed by atoms with E-state index in [4.69, 9.17) is 24.3 Å². The second kappa shape index (κ2) is 13.1. The number of hydrogen-bond donors (Lipinski definition) is 4. The molecule has 2 aromatic heterocycles. The molecule has 0 amide bonds. The average molecular weight is 669 g/mol. The highest BCUT2D eigenvalue weighted by Gasteiger charge is 2.57. The summed E-state index contributed by atoms with van der Waals surface area (Å²) < 4.78 is 76.9. The smallest absolute Gasteiger partial charge is 0.459 e. The number of rotatable bonds is 10. The first-order chi connectivity index (χ1) is 21.7. The first-order valence-electron chi connectivity index (χ1n) is 14.3. The minimum absolute atomic E-state index is 0.0102. The van der Waals surface area contributed by atoms with Crippen molar-refractivity contribution < 1.29 is 51.3 Å². The number of carbonyl (C=O) groups excluding carboxylic acids is 1. The second-order valence-corrected chi connectivity index (χ2v) is 12.8. The van der Waals surface area contributed by atoms with Crippen molar-refractivity contribution in [2.75, 3.05) is 12.3 Å². The molecular formula is C28H32F3N6O8P. The van der Waals surface area contributed by atoms with Gasteiger partial charge in [0.25, 0.3) is 0 Å². The van der Waals surface area contributed by atoms with Crippen LogP contribution in [0.25, 0.3) is 5.52 Å². The molecule has 1 aliphatic heterocycles. The number of nitrogens with two attached hydrogens (primary N) is 1. The SMILES string of the molecule is C[C@H](N[P@](=O)(OC[C@@]1(C#N)O[C@@H](c2ccc3c(N)ncnn23)[C@H](O)[C@@H]1O)Oc1ccccc1)C(=O)OC1CCC(C(F)(F)F)CC1. The van der Waals surface area contributed by atoms with Crippen LogP contribution < -0.4 is 15.3 Å². The van der Waals surface area contributed by atoms with E-state index in [-0.39, 0.29) is 42.9 Å². The third-order valence-corrected chi connectivity index (χ3v) is 9.61. The molecule has 2 aliphatic rings. The minimum atomic E-state index is -4.58. The zero-order valence-corrected chi connectivity index (χ0v) is 25.3. The fourth-order valence-electron chi connectivity index (χ4n) is 5.43. The average Bonchev–Trinajstić information content (AvgIpc) is 3.56. The largest absolute Gasteiger partial charge is 0.461 e. The van der Waals surface area contributed by atoms with E-state index in [1.807, 2.05) is 0 Å². The Bertz CT molecular complexity index is 1630. The summed E-state index contributed by atoms with van der Waals surface area (Å²) in [5.74, 6) is -2.19. The molecule has 1 saturated heterocycles. The number of nitriles is 1. The van der Waals surface area contributed by atoms with Crippen LogP contribution in [0.5, 0.6) is 5.75 Å². The molecule has 1 saturated carbocycles. The van der Waals surface area contributed by atoms with Crippen molar-refractivity contribution >= 4 is 25.1 Å². The Kier molecular flexibility index (Phi) is 9.60. The fraction of sp³-hybridized carbons (Fsp3) is 0.500. The van der Waals surface area contributed by atoms with Crippen LogP contribution in [0.2, 0.25) is 0 Å². The van der Waals surface area contributed by atoms with Crippen LogP contribution in [0.1, 0.15) is 44.4 Å². The number of para-hydroxylation sites is 1. The number of aliphatic hydroxyl groups is 2. The van der Waals surface area contributed by atoms with Crippen molar-refractivity contribution in [2.24, 2.45) is 5.92 Å². The Balaban J connectivity index is 1.31. The van der Waals surface area contributed by atoms with Gasteiger partial charge in [-0.15, -0.1) is 0 Å². The Labute approximate surface area is 260 Å². The van der Waals surface area contributed by atoms with Crippen LogP contribution in [0, 0.1) is 17.2 Å². The molecule has 1 aromatic carbocycles. The Morgan fingerprint density at radius 2 is 1.93 bits per heavy atom. The molecule has 3 aromatic rings. The summed E-state index contributed by atoms with van der Waals surface area (Å²) in [5, 5.41) is 38.5. The van der Waals surface area contributed by atoms with Gasteiger partial charge in [-0.2, -0.15) is 28.6 Å². The van der Waals surface area contributed by atoms with Crippen molar-refractivity contribution in [3.8, 4) is 11.8 Å². The van der Waals surface area contributed by atoms with Gasteiger partial charge in [0.1, 0.15) is 60.7 Å². The summed E-state index contributed by atoms with van der Waals surface area (Å²) in [6.45, 7) is 0.388. The van der Waals surface area contributed by atoms with E-state index in [1.165, 1.54) is 36.0 Å². The third-order valence-electron chi connectivity index (χ3n) is 7.98. The lowest BCUT2D eigenvalue weighted by Gasteiger charge is -2.31. The number of anilines is 1. The van der Waals surface area contributed by atoms with E-state index in [2.05, 4.69) is 15.2 Å². The molecular weight excluding hydrogens is 636 g/mol. The first-order valence-corrected chi connectivity index (χ1v) is 15.9. The van der Waals surface area contributed by atoms with Gasteiger partial charge in [-0.05, 0) is 56.9 Å². The molecule has 248 valence electrons. The number of nitrogen functional groups attached to an aromatic ring is 1. The molecule has 3 heterocycles.